The van der Waals surface area contributed by atoms with Crippen LogP contribution in [0.2, 0.25) is 0 Å². The normalized spacial score (nSPS) is 42.0. The van der Waals surface area contributed by atoms with E-state index in [-0.39, 0.29) is 6.10 Å². The van der Waals surface area contributed by atoms with Crippen LogP contribution in [0, 0.1) is 11.8 Å². The summed E-state index contributed by atoms with van der Waals surface area (Å²) in [6.45, 7) is 5.74. The maximum atomic E-state index is 9.77. The molecule has 0 aromatic carbocycles. The van der Waals surface area contributed by atoms with E-state index in [4.69, 9.17) is 0 Å². The summed E-state index contributed by atoms with van der Waals surface area (Å²) in [5.41, 5.74) is 0. The van der Waals surface area contributed by atoms with Gasteiger partial charge in [-0.05, 0) is 37.6 Å². The monoisotopic (exact) mass is 169 g/mol. The van der Waals surface area contributed by atoms with Gasteiger partial charge in [-0.25, -0.2) is 0 Å². The van der Waals surface area contributed by atoms with Crippen LogP contribution >= 0.6 is 0 Å². The molecule has 1 saturated heterocycles. The van der Waals surface area contributed by atoms with Gasteiger partial charge in [0.2, 0.25) is 0 Å². The lowest BCUT2D eigenvalue weighted by Gasteiger charge is -2.35. The highest BCUT2D eigenvalue weighted by Gasteiger charge is 2.40. The molecule has 2 rings (SSSR count). The summed E-state index contributed by atoms with van der Waals surface area (Å²) in [5, 5.41) is 9.77. The molecule has 1 aliphatic heterocycles. The highest BCUT2D eigenvalue weighted by molar-refractivity contribution is 4.92. The van der Waals surface area contributed by atoms with Gasteiger partial charge in [-0.1, -0.05) is 6.92 Å². The van der Waals surface area contributed by atoms with Gasteiger partial charge in [0.15, 0.2) is 0 Å². The van der Waals surface area contributed by atoms with Gasteiger partial charge < -0.3 is 10.0 Å². The standard InChI is InChI=1S/C10H19NO/c1-2-5-11-6-8-3-4-9(7-11)10(8)12/h8-10,12H,2-7H2,1H3. The number of fused-ring (bicyclic) bond motifs is 2. The van der Waals surface area contributed by atoms with Crippen molar-refractivity contribution in [3.05, 3.63) is 0 Å². The van der Waals surface area contributed by atoms with Crippen LogP contribution in [0.5, 0.6) is 0 Å². The zero-order chi connectivity index (χ0) is 8.55. The second-order valence-corrected chi connectivity index (χ2v) is 4.35. The van der Waals surface area contributed by atoms with Gasteiger partial charge in [0, 0.05) is 13.1 Å². The fourth-order valence-electron chi connectivity index (χ4n) is 2.79. The first-order valence-corrected chi connectivity index (χ1v) is 5.21. The fourth-order valence-corrected chi connectivity index (χ4v) is 2.79. The van der Waals surface area contributed by atoms with Crippen molar-refractivity contribution in [2.24, 2.45) is 11.8 Å². The van der Waals surface area contributed by atoms with Crippen molar-refractivity contribution >= 4 is 0 Å². The van der Waals surface area contributed by atoms with Gasteiger partial charge in [0.25, 0.3) is 0 Å². The second kappa shape index (κ2) is 3.35. The minimum absolute atomic E-state index is 0.0260. The van der Waals surface area contributed by atoms with Crippen molar-refractivity contribution in [1.82, 2.24) is 4.90 Å². The Morgan fingerprint density at radius 3 is 2.33 bits per heavy atom. The van der Waals surface area contributed by atoms with Crippen LogP contribution in [-0.2, 0) is 0 Å². The van der Waals surface area contributed by atoms with Crippen LogP contribution in [0.1, 0.15) is 26.2 Å². The third-order valence-corrected chi connectivity index (χ3v) is 3.40. The predicted molar refractivity (Wildman–Crippen MR) is 49.0 cm³/mol. The lowest BCUT2D eigenvalue weighted by Crippen LogP contribution is -2.44. The minimum Gasteiger partial charge on any atom is -0.392 e. The smallest absolute Gasteiger partial charge is 0.0620 e. The number of hydrogen-bond acceptors (Lipinski definition) is 2. The Kier molecular flexibility index (Phi) is 2.37. The van der Waals surface area contributed by atoms with Crippen molar-refractivity contribution in [3.8, 4) is 0 Å². The molecule has 0 amide bonds. The summed E-state index contributed by atoms with van der Waals surface area (Å²) < 4.78 is 0. The number of rotatable bonds is 2. The van der Waals surface area contributed by atoms with E-state index in [1.807, 2.05) is 0 Å². The van der Waals surface area contributed by atoms with Gasteiger partial charge in [0.1, 0.15) is 0 Å². The average Bonchev–Trinajstić information content (AvgIpc) is 2.33. The lowest BCUT2D eigenvalue weighted by molar-refractivity contribution is 0.0170. The molecule has 2 unspecified atom stereocenters. The highest BCUT2D eigenvalue weighted by Crippen LogP contribution is 2.36. The molecule has 2 atom stereocenters. The second-order valence-electron chi connectivity index (χ2n) is 4.35. The molecule has 12 heavy (non-hydrogen) atoms. The van der Waals surface area contributed by atoms with E-state index >= 15 is 0 Å². The van der Waals surface area contributed by atoms with E-state index in [1.54, 1.807) is 0 Å². The molecule has 0 aromatic heterocycles. The summed E-state index contributed by atoms with van der Waals surface area (Å²) in [6.07, 6.45) is 3.78. The van der Waals surface area contributed by atoms with Gasteiger partial charge in [-0.2, -0.15) is 0 Å². The van der Waals surface area contributed by atoms with E-state index in [2.05, 4.69) is 11.8 Å². The molecule has 70 valence electrons. The molecule has 2 heteroatoms. The Bertz CT molecular complexity index is 146. The first kappa shape index (κ1) is 8.52. The minimum atomic E-state index is 0.0260. The molecule has 1 N–H and O–H groups in total. The molecule has 0 spiro atoms. The summed E-state index contributed by atoms with van der Waals surface area (Å²) in [5.74, 6) is 1.19. The summed E-state index contributed by atoms with van der Waals surface area (Å²) in [4.78, 5) is 2.52. The molecule has 0 aromatic rings. The molecular formula is C10H19NO. The summed E-state index contributed by atoms with van der Waals surface area (Å²) in [7, 11) is 0. The molecule has 2 bridgehead atoms. The first-order valence-electron chi connectivity index (χ1n) is 5.21. The molecule has 2 fully saturated rings. The highest BCUT2D eigenvalue weighted by atomic mass is 16.3. The van der Waals surface area contributed by atoms with E-state index in [1.165, 1.54) is 25.8 Å². The molecule has 1 aliphatic carbocycles. The number of nitrogens with zero attached hydrogens (tertiary/aromatic N) is 1. The fraction of sp³-hybridized carbons (Fsp3) is 1.00. The predicted octanol–water partition coefficient (Wildman–Crippen LogP) is 1.10. The van der Waals surface area contributed by atoms with Crippen molar-refractivity contribution < 1.29 is 5.11 Å². The van der Waals surface area contributed by atoms with Crippen molar-refractivity contribution in [1.29, 1.82) is 0 Å². The quantitative estimate of drug-likeness (QED) is 0.669. The Morgan fingerprint density at radius 1 is 1.25 bits per heavy atom. The third-order valence-electron chi connectivity index (χ3n) is 3.40. The van der Waals surface area contributed by atoms with E-state index < -0.39 is 0 Å². The van der Waals surface area contributed by atoms with E-state index in [0.717, 1.165) is 13.1 Å². The van der Waals surface area contributed by atoms with Crippen molar-refractivity contribution in [3.63, 3.8) is 0 Å². The topological polar surface area (TPSA) is 23.5 Å². The number of aliphatic hydroxyl groups is 1. The lowest BCUT2D eigenvalue weighted by atomic mass is 9.95. The molecule has 2 aliphatic rings. The summed E-state index contributed by atoms with van der Waals surface area (Å²) >= 11 is 0. The van der Waals surface area contributed by atoms with Gasteiger partial charge in [-0.3, -0.25) is 0 Å². The van der Waals surface area contributed by atoms with E-state index in [0.29, 0.717) is 11.8 Å². The average molecular weight is 169 g/mol. The van der Waals surface area contributed by atoms with Crippen LogP contribution in [0.15, 0.2) is 0 Å². The van der Waals surface area contributed by atoms with Crippen LogP contribution in [0.3, 0.4) is 0 Å². The molecular weight excluding hydrogens is 150 g/mol. The molecule has 0 radical (unpaired) electrons. The van der Waals surface area contributed by atoms with Gasteiger partial charge in [-0.15, -0.1) is 0 Å². The SMILES string of the molecule is CCCN1CC2CCC(C1)C2O. The maximum Gasteiger partial charge on any atom is 0.0620 e. The van der Waals surface area contributed by atoms with Crippen LogP contribution in [0.25, 0.3) is 0 Å². The van der Waals surface area contributed by atoms with Crippen LogP contribution < -0.4 is 0 Å². The number of hydrogen-bond donors (Lipinski definition) is 1. The van der Waals surface area contributed by atoms with Crippen LogP contribution in [0.4, 0.5) is 0 Å². The van der Waals surface area contributed by atoms with Gasteiger partial charge in [0.05, 0.1) is 6.10 Å². The molecule has 1 heterocycles. The van der Waals surface area contributed by atoms with Gasteiger partial charge >= 0.3 is 0 Å². The number of piperidine rings is 1. The Labute approximate surface area is 74.6 Å². The Morgan fingerprint density at radius 2 is 1.83 bits per heavy atom. The third kappa shape index (κ3) is 1.38. The zero-order valence-corrected chi connectivity index (χ0v) is 7.87. The van der Waals surface area contributed by atoms with Crippen LogP contribution in [-0.4, -0.2) is 35.7 Å². The van der Waals surface area contributed by atoms with Crippen molar-refractivity contribution in [2.45, 2.75) is 32.3 Å². The van der Waals surface area contributed by atoms with Crippen molar-refractivity contribution in [2.75, 3.05) is 19.6 Å². The largest absolute Gasteiger partial charge is 0.392 e. The first-order chi connectivity index (χ1) is 5.81. The summed E-state index contributed by atoms with van der Waals surface area (Å²) in [6, 6.07) is 0. The molecule has 2 nitrogen and oxygen atoms in total. The molecule has 1 saturated carbocycles. The van der Waals surface area contributed by atoms with E-state index in [9.17, 15) is 5.11 Å². The Hall–Kier alpha value is -0.0800. The maximum absolute atomic E-state index is 9.77. The Balaban J connectivity index is 1.93. The number of likely N-dealkylation sites (tertiary alicyclic amines) is 1. The zero-order valence-electron chi connectivity index (χ0n) is 7.87. The number of aliphatic hydroxyl groups excluding tert-OH is 1.